The zero-order chi connectivity index (χ0) is 11.8. The summed E-state index contributed by atoms with van der Waals surface area (Å²) in [6.45, 7) is 2.94. The maximum atomic E-state index is 5.75. The van der Waals surface area contributed by atoms with Crippen molar-refractivity contribution < 1.29 is 4.74 Å². The van der Waals surface area contributed by atoms with E-state index in [0.717, 1.165) is 34.4 Å². The molecule has 4 heteroatoms. The van der Waals surface area contributed by atoms with Gasteiger partial charge in [0.05, 0.1) is 11.0 Å². The second-order valence-electron chi connectivity index (χ2n) is 4.60. The van der Waals surface area contributed by atoms with E-state index in [1.165, 1.54) is 18.4 Å². The summed E-state index contributed by atoms with van der Waals surface area (Å²) in [5.74, 6) is 0.970. The number of ether oxygens (including phenoxy) is 1. The number of halogens is 1. The quantitative estimate of drug-likeness (QED) is 0.867. The number of rotatable bonds is 1. The number of nitrogens with one attached hydrogen (secondary N) is 1. The molecule has 0 saturated carbocycles. The third kappa shape index (κ3) is 2.11. The lowest BCUT2D eigenvalue weighted by molar-refractivity contribution is 0.0101. The maximum absolute atomic E-state index is 5.75. The fourth-order valence-electron chi connectivity index (χ4n) is 2.27. The first kappa shape index (κ1) is 11.2. The van der Waals surface area contributed by atoms with Crippen LogP contribution in [0.15, 0.2) is 16.6 Å². The molecule has 3 nitrogen and oxygen atoms in total. The third-order valence-electron chi connectivity index (χ3n) is 3.27. The summed E-state index contributed by atoms with van der Waals surface area (Å²) in [4.78, 5) is 8.00. The van der Waals surface area contributed by atoms with Crippen LogP contribution in [0.2, 0.25) is 0 Å². The lowest BCUT2D eigenvalue weighted by atomic mass is 10.1. The van der Waals surface area contributed by atoms with E-state index in [1.807, 2.05) is 0 Å². The minimum Gasteiger partial charge on any atom is -0.370 e. The zero-order valence-electron chi connectivity index (χ0n) is 9.79. The highest BCUT2D eigenvalue weighted by molar-refractivity contribution is 9.10. The first-order chi connectivity index (χ1) is 8.24. The number of fused-ring (bicyclic) bond motifs is 1. The molecule has 1 aliphatic rings. The van der Waals surface area contributed by atoms with Crippen molar-refractivity contribution >= 4 is 27.0 Å². The van der Waals surface area contributed by atoms with Gasteiger partial charge in [-0.3, -0.25) is 0 Å². The Bertz CT molecular complexity index is 505. The molecule has 1 fully saturated rings. The van der Waals surface area contributed by atoms with Gasteiger partial charge in [0, 0.05) is 11.1 Å². The van der Waals surface area contributed by atoms with E-state index in [9.17, 15) is 0 Å². The molecule has 0 radical (unpaired) electrons. The Kier molecular flexibility index (Phi) is 2.92. The van der Waals surface area contributed by atoms with Crippen molar-refractivity contribution in [2.45, 2.75) is 32.3 Å². The van der Waals surface area contributed by atoms with E-state index in [-0.39, 0.29) is 6.10 Å². The molecule has 0 aliphatic carbocycles. The Morgan fingerprint density at radius 2 is 2.29 bits per heavy atom. The van der Waals surface area contributed by atoms with Gasteiger partial charge in [0.2, 0.25) is 0 Å². The van der Waals surface area contributed by atoms with Crippen LogP contribution in [0.25, 0.3) is 11.0 Å². The molecule has 0 bridgehead atoms. The van der Waals surface area contributed by atoms with Crippen molar-refractivity contribution in [2.24, 2.45) is 0 Å². The summed E-state index contributed by atoms with van der Waals surface area (Å²) in [6, 6.07) is 4.19. The number of aromatic amines is 1. The first-order valence-electron chi connectivity index (χ1n) is 6.01. The van der Waals surface area contributed by atoms with Gasteiger partial charge in [0.15, 0.2) is 0 Å². The summed E-state index contributed by atoms with van der Waals surface area (Å²) < 4.78 is 6.85. The van der Waals surface area contributed by atoms with Gasteiger partial charge < -0.3 is 9.72 Å². The molecule has 2 aromatic rings. The minimum atomic E-state index is 0.148. The monoisotopic (exact) mass is 294 g/mol. The summed E-state index contributed by atoms with van der Waals surface area (Å²) in [7, 11) is 0. The van der Waals surface area contributed by atoms with E-state index in [4.69, 9.17) is 4.74 Å². The predicted molar refractivity (Wildman–Crippen MR) is 71.1 cm³/mol. The summed E-state index contributed by atoms with van der Waals surface area (Å²) in [6.07, 6.45) is 3.61. The maximum Gasteiger partial charge on any atom is 0.136 e. The van der Waals surface area contributed by atoms with Crippen LogP contribution < -0.4 is 0 Å². The molecule has 0 spiro atoms. The van der Waals surface area contributed by atoms with Gasteiger partial charge in [-0.2, -0.15) is 0 Å². The molecule has 17 heavy (non-hydrogen) atoms. The van der Waals surface area contributed by atoms with Crippen LogP contribution in [0.1, 0.15) is 36.8 Å². The second kappa shape index (κ2) is 4.42. The number of aryl methyl sites for hydroxylation is 1. The molecule has 1 saturated heterocycles. The number of H-pyrrole nitrogens is 1. The predicted octanol–water partition coefficient (Wildman–Crippen LogP) is 3.88. The van der Waals surface area contributed by atoms with E-state index in [2.05, 4.69) is 45.0 Å². The van der Waals surface area contributed by atoms with E-state index in [0.29, 0.717) is 0 Å². The number of hydrogen-bond donors (Lipinski definition) is 1. The summed E-state index contributed by atoms with van der Waals surface area (Å²) >= 11 is 3.54. The van der Waals surface area contributed by atoms with Crippen molar-refractivity contribution in [1.29, 1.82) is 0 Å². The molecule has 1 aromatic heterocycles. The molecular formula is C13H15BrN2O. The van der Waals surface area contributed by atoms with Gasteiger partial charge in [0.25, 0.3) is 0 Å². The molecular weight excluding hydrogens is 280 g/mol. The molecule has 1 unspecified atom stereocenters. The topological polar surface area (TPSA) is 37.9 Å². The van der Waals surface area contributed by atoms with Gasteiger partial charge >= 0.3 is 0 Å². The van der Waals surface area contributed by atoms with Crippen molar-refractivity contribution in [3.8, 4) is 0 Å². The number of aromatic nitrogens is 2. The highest BCUT2D eigenvalue weighted by Crippen LogP contribution is 2.29. The van der Waals surface area contributed by atoms with Crippen molar-refractivity contribution in [3.63, 3.8) is 0 Å². The largest absolute Gasteiger partial charge is 0.370 e. The molecule has 3 rings (SSSR count). The van der Waals surface area contributed by atoms with Gasteiger partial charge in [-0.15, -0.1) is 0 Å². The van der Waals surface area contributed by atoms with Crippen molar-refractivity contribution in [1.82, 2.24) is 9.97 Å². The fourth-order valence-corrected chi connectivity index (χ4v) is 2.60. The number of benzene rings is 1. The highest BCUT2D eigenvalue weighted by Gasteiger charge is 2.19. The van der Waals surface area contributed by atoms with Gasteiger partial charge in [-0.05, 0) is 43.9 Å². The molecule has 1 N–H and O–H groups in total. The smallest absolute Gasteiger partial charge is 0.136 e. The lowest BCUT2D eigenvalue weighted by Crippen LogP contribution is -2.12. The third-order valence-corrected chi connectivity index (χ3v) is 4.12. The Morgan fingerprint density at radius 3 is 3.06 bits per heavy atom. The molecule has 0 amide bonds. The number of nitrogens with zero attached hydrogens (tertiary/aromatic N) is 1. The standard InChI is InChI=1S/C13H15BrN2O/c1-8-6-10-11(7-9(8)14)16-13(15-10)12-4-2-3-5-17-12/h6-7,12H,2-5H2,1H3,(H,15,16). The van der Waals surface area contributed by atoms with Crippen LogP contribution in [0.4, 0.5) is 0 Å². The Morgan fingerprint density at radius 1 is 1.41 bits per heavy atom. The van der Waals surface area contributed by atoms with Crippen LogP contribution >= 0.6 is 15.9 Å². The van der Waals surface area contributed by atoms with E-state index < -0.39 is 0 Å². The summed E-state index contributed by atoms with van der Waals surface area (Å²) in [5, 5.41) is 0. The average Bonchev–Trinajstić information content (AvgIpc) is 2.74. The number of hydrogen-bond acceptors (Lipinski definition) is 2. The van der Waals surface area contributed by atoms with Crippen LogP contribution in [0.3, 0.4) is 0 Å². The molecule has 1 atom stereocenters. The van der Waals surface area contributed by atoms with Gasteiger partial charge in [-0.25, -0.2) is 4.98 Å². The first-order valence-corrected chi connectivity index (χ1v) is 6.81. The summed E-state index contributed by atoms with van der Waals surface area (Å²) in [5.41, 5.74) is 3.32. The van der Waals surface area contributed by atoms with Crippen LogP contribution in [-0.2, 0) is 4.74 Å². The van der Waals surface area contributed by atoms with Crippen LogP contribution in [-0.4, -0.2) is 16.6 Å². The average molecular weight is 295 g/mol. The minimum absolute atomic E-state index is 0.148. The molecule has 90 valence electrons. The highest BCUT2D eigenvalue weighted by atomic mass is 79.9. The van der Waals surface area contributed by atoms with Crippen molar-refractivity contribution in [2.75, 3.05) is 6.61 Å². The zero-order valence-corrected chi connectivity index (χ0v) is 11.4. The Balaban J connectivity index is 2.00. The normalized spacial score (nSPS) is 20.9. The molecule has 1 aromatic carbocycles. The lowest BCUT2D eigenvalue weighted by Gasteiger charge is -2.20. The fraction of sp³-hybridized carbons (Fsp3) is 0.462. The van der Waals surface area contributed by atoms with E-state index in [1.54, 1.807) is 0 Å². The molecule has 2 heterocycles. The van der Waals surface area contributed by atoms with Gasteiger partial charge in [-0.1, -0.05) is 15.9 Å². The number of imidazole rings is 1. The second-order valence-corrected chi connectivity index (χ2v) is 5.45. The SMILES string of the molecule is Cc1cc2[nH]c(C3CCCCO3)nc2cc1Br. The van der Waals surface area contributed by atoms with E-state index >= 15 is 0 Å². The van der Waals surface area contributed by atoms with Crippen LogP contribution in [0.5, 0.6) is 0 Å². The Hall–Kier alpha value is -0.870. The Labute approximate surface area is 109 Å². The van der Waals surface area contributed by atoms with Crippen molar-refractivity contribution in [3.05, 3.63) is 28.0 Å². The van der Waals surface area contributed by atoms with Gasteiger partial charge in [0.1, 0.15) is 11.9 Å². The molecule has 1 aliphatic heterocycles. The van der Waals surface area contributed by atoms with Crippen LogP contribution in [0, 0.1) is 6.92 Å².